The Bertz CT molecular complexity index is 1960. The molecule has 1 saturated carbocycles. The van der Waals surface area contributed by atoms with Crippen LogP contribution in [0.15, 0.2) is 103 Å². The second-order valence-corrected chi connectivity index (χ2v) is 14.7. The molecule has 2 aromatic heterocycles. The molecule has 2 heterocycles. The Morgan fingerprint density at radius 2 is 1.84 bits per heavy atom. The highest BCUT2D eigenvalue weighted by atomic mass is 35.5. The van der Waals surface area contributed by atoms with E-state index >= 15 is 0 Å². The van der Waals surface area contributed by atoms with E-state index < -0.39 is 11.6 Å². The van der Waals surface area contributed by atoms with Gasteiger partial charge in [0.25, 0.3) is 0 Å². The van der Waals surface area contributed by atoms with Crippen molar-refractivity contribution in [3.63, 3.8) is 0 Å². The van der Waals surface area contributed by atoms with E-state index in [2.05, 4.69) is 47.5 Å². The molecule has 1 aliphatic carbocycles. The molecule has 0 bridgehead atoms. The zero-order valence-electron chi connectivity index (χ0n) is 27.7. The number of aromatic nitrogens is 2. The summed E-state index contributed by atoms with van der Waals surface area (Å²) < 4.78 is 0. The molecule has 49 heavy (non-hydrogen) atoms. The Morgan fingerprint density at radius 1 is 1.04 bits per heavy atom. The number of carboxylic acid groups (broad SMARTS) is 1. The number of nitriles is 1. The summed E-state index contributed by atoms with van der Waals surface area (Å²) in [6.45, 7) is 3.66. The Labute approximate surface area is 297 Å². The van der Waals surface area contributed by atoms with Crippen molar-refractivity contribution < 1.29 is 15.0 Å². The molecule has 5 aromatic rings. The highest BCUT2D eigenvalue weighted by Crippen LogP contribution is 2.53. The van der Waals surface area contributed by atoms with Crippen molar-refractivity contribution >= 4 is 52.4 Å². The molecule has 1 atom stereocenters. The van der Waals surface area contributed by atoms with Crippen LogP contribution in [0.25, 0.3) is 23.1 Å². The topological polar surface area (TPSA) is 107 Å². The summed E-state index contributed by atoms with van der Waals surface area (Å²) >= 11 is 8.04. The fraction of sp³-hybridized carbons (Fsp3) is 0.268. The van der Waals surface area contributed by atoms with E-state index in [0.29, 0.717) is 10.6 Å². The number of halogens is 1. The number of carboxylic acids is 1. The van der Waals surface area contributed by atoms with Gasteiger partial charge in [-0.25, -0.2) is 4.98 Å². The average Bonchev–Trinajstić information content (AvgIpc) is 3.86. The minimum Gasteiger partial charge on any atom is -0.481 e. The van der Waals surface area contributed by atoms with Gasteiger partial charge in [0.2, 0.25) is 0 Å². The van der Waals surface area contributed by atoms with E-state index in [9.17, 15) is 15.0 Å². The Balaban J connectivity index is 0.000000514. The maximum absolute atomic E-state index is 11.5. The molecule has 1 aliphatic rings. The maximum atomic E-state index is 11.5. The number of thioether (sulfide) groups is 1. The molecular weight excluding hydrogens is 650 g/mol. The molecule has 1 fully saturated rings. The number of aliphatic carboxylic acids is 1. The Hall–Kier alpha value is -4.48. The Morgan fingerprint density at radius 3 is 2.53 bits per heavy atom. The van der Waals surface area contributed by atoms with Gasteiger partial charge in [-0.05, 0) is 104 Å². The molecule has 3 aromatic carbocycles. The lowest BCUT2D eigenvalue weighted by Gasteiger charge is -2.24. The lowest BCUT2D eigenvalue weighted by Crippen LogP contribution is -2.18. The van der Waals surface area contributed by atoms with Crippen molar-refractivity contribution in [1.29, 1.82) is 5.26 Å². The lowest BCUT2D eigenvalue weighted by atomic mass is 9.90. The molecule has 6 nitrogen and oxygen atoms in total. The molecule has 0 unspecified atom stereocenters. The van der Waals surface area contributed by atoms with Gasteiger partial charge in [-0.1, -0.05) is 78.3 Å². The molecule has 8 heteroatoms. The van der Waals surface area contributed by atoms with Crippen LogP contribution in [0.2, 0.25) is 5.02 Å². The zero-order valence-corrected chi connectivity index (χ0v) is 29.3. The van der Waals surface area contributed by atoms with E-state index in [1.807, 2.05) is 80.2 Å². The first-order valence-electron chi connectivity index (χ1n) is 16.3. The van der Waals surface area contributed by atoms with Gasteiger partial charge in [0.05, 0.1) is 28.8 Å². The summed E-state index contributed by atoms with van der Waals surface area (Å²) in [7, 11) is 0. The van der Waals surface area contributed by atoms with Crippen LogP contribution in [-0.2, 0) is 16.8 Å². The second kappa shape index (κ2) is 16.3. The SMILES string of the molecule is CC(C)(O)c1ccccc1CC[C@@H](SCC1(CC(=O)O)CC1)c1cccc(/C=C/c2ccc3ccc(Cl)cc3n2)c1.N#Cc1cccnc1. The molecule has 250 valence electrons. The van der Waals surface area contributed by atoms with E-state index in [0.717, 1.165) is 64.7 Å². The number of hydrogen-bond acceptors (Lipinski definition) is 6. The number of hydrogen-bond donors (Lipinski definition) is 2. The number of aryl methyl sites for hydroxylation is 1. The maximum Gasteiger partial charge on any atom is 0.303 e. The van der Waals surface area contributed by atoms with Crippen LogP contribution in [0.1, 0.15) is 78.3 Å². The van der Waals surface area contributed by atoms with E-state index in [-0.39, 0.29) is 17.1 Å². The molecule has 0 spiro atoms. The summed E-state index contributed by atoms with van der Waals surface area (Å²) in [5, 5.41) is 30.3. The van der Waals surface area contributed by atoms with Crippen LogP contribution in [0.5, 0.6) is 0 Å². The third kappa shape index (κ3) is 10.5. The van der Waals surface area contributed by atoms with Crippen molar-refractivity contribution in [3.8, 4) is 6.07 Å². The van der Waals surface area contributed by atoms with Gasteiger partial charge in [-0.15, -0.1) is 0 Å². The summed E-state index contributed by atoms with van der Waals surface area (Å²) in [6.07, 6.45) is 11.2. The first-order valence-corrected chi connectivity index (χ1v) is 17.7. The minimum absolute atomic E-state index is 0.0814. The number of carbonyl (C=O) groups is 1. The summed E-state index contributed by atoms with van der Waals surface area (Å²) in [5.74, 6) is 0.122. The number of aliphatic hydroxyl groups is 1. The smallest absolute Gasteiger partial charge is 0.303 e. The Kier molecular flexibility index (Phi) is 11.9. The summed E-state index contributed by atoms with van der Waals surface area (Å²) in [5.41, 5.74) is 5.76. The second-order valence-electron chi connectivity index (χ2n) is 13.1. The minimum atomic E-state index is -0.911. The fourth-order valence-corrected chi connectivity index (χ4v) is 7.52. The van der Waals surface area contributed by atoms with Gasteiger partial charge in [0.1, 0.15) is 6.07 Å². The third-order valence-electron chi connectivity index (χ3n) is 8.62. The molecular formula is C41H40ClN3O3S. The predicted octanol–water partition coefficient (Wildman–Crippen LogP) is 9.90. The van der Waals surface area contributed by atoms with Gasteiger partial charge in [-0.3, -0.25) is 9.78 Å². The number of nitrogens with zero attached hydrogens (tertiary/aromatic N) is 3. The van der Waals surface area contributed by atoms with Gasteiger partial charge < -0.3 is 10.2 Å². The standard InChI is InChI=1S/C35H36ClNO3S.C6H4N2/c1-34(2,40)30-9-4-3-7-25(30)13-17-32(41-23-35(18-19-35)22-33(38)39)27-8-5-6-24(20-27)10-15-29-16-12-26-11-14-28(36)21-31(26)37-29;7-4-6-2-1-3-8-5-6/h3-12,14-16,20-21,32,40H,13,17-19,22-23H2,1-2H3,(H,38,39);1-3,5H/b15-10+;/t32-;/m1./s1. The molecule has 0 aliphatic heterocycles. The molecule has 0 radical (unpaired) electrons. The normalized spacial score (nSPS) is 14.1. The van der Waals surface area contributed by atoms with Crippen LogP contribution >= 0.6 is 23.4 Å². The van der Waals surface area contributed by atoms with Crippen LogP contribution in [0.4, 0.5) is 0 Å². The van der Waals surface area contributed by atoms with Crippen molar-refractivity contribution in [2.45, 2.75) is 56.8 Å². The van der Waals surface area contributed by atoms with Gasteiger partial charge >= 0.3 is 5.97 Å². The largest absolute Gasteiger partial charge is 0.481 e. The molecule has 6 rings (SSSR count). The molecule has 0 saturated heterocycles. The quantitative estimate of drug-likeness (QED) is 0.134. The van der Waals surface area contributed by atoms with Crippen LogP contribution in [0.3, 0.4) is 0 Å². The predicted molar refractivity (Wildman–Crippen MR) is 200 cm³/mol. The first kappa shape index (κ1) is 35.8. The van der Waals surface area contributed by atoms with Crippen LogP contribution in [-0.4, -0.2) is 31.9 Å². The first-order chi connectivity index (χ1) is 23.5. The van der Waals surface area contributed by atoms with Crippen molar-refractivity contribution in [3.05, 3.63) is 142 Å². The van der Waals surface area contributed by atoms with Crippen LogP contribution < -0.4 is 0 Å². The highest BCUT2D eigenvalue weighted by molar-refractivity contribution is 7.99. The van der Waals surface area contributed by atoms with E-state index in [4.69, 9.17) is 21.8 Å². The number of pyridine rings is 2. The van der Waals surface area contributed by atoms with Crippen molar-refractivity contribution in [2.75, 3.05) is 5.75 Å². The number of rotatable bonds is 12. The zero-order chi connectivity index (χ0) is 34.9. The van der Waals surface area contributed by atoms with Crippen molar-refractivity contribution in [1.82, 2.24) is 9.97 Å². The van der Waals surface area contributed by atoms with Gasteiger partial charge in [-0.2, -0.15) is 17.0 Å². The highest BCUT2D eigenvalue weighted by Gasteiger charge is 2.44. The van der Waals surface area contributed by atoms with Crippen molar-refractivity contribution in [2.24, 2.45) is 5.41 Å². The number of benzene rings is 3. The van der Waals surface area contributed by atoms with E-state index in [1.54, 1.807) is 18.3 Å². The molecule has 0 amide bonds. The van der Waals surface area contributed by atoms with E-state index in [1.165, 1.54) is 11.8 Å². The monoisotopic (exact) mass is 689 g/mol. The fourth-order valence-electron chi connectivity index (χ4n) is 5.79. The average molecular weight is 690 g/mol. The lowest BCUT2D eigenvalue weighted by molar-refractivity contribution is -0.138. The third-order valence-corrected chi connectivity index (χ3v) is 10.5. The van der Waals surface area contributed by atoms with Gasteiger partial charge in [0, 0.05) is 33.8 Å². The van der Waals surface area contributed by atoms with Crippen LogP contribution in [0, 0.1) is 16.7 Å². The summed E-state index contributed by atoms with van der Waals surface area (Å²) in [4.78, 5) is 20.0. The van der Waals surface area contributed by atoms with Gasteiger partial charge in [0.15, 0.2) is 0 Å². The summed E-state index contributed by atoms with van der Waals surface area (Å²) in [6, 6.07) is 31.9. The molecule has 2 N–H and O–H groups in total. The number of fused-ring (bicyclic) bond motifs is 1.